The molecule has 4 N–H and O–H groups in total. The van der Waals surface area contributed by atoms with E-state index in [0.717, 1.165) is 4.57 Å². The molecule has 2 heterocycles. The minimum atomic E-state index is -3.32. The second-order valence-corrected chi connectivity index (χ2v) is 6.10. The summed E-state index contributed by atoms with van der Waals surface area (Å²) in [4.78, 5) is 4.14. The van der Waals surface area contributed by atoms with Crippen molar-refractivity contribution >= 4 is 40.2 Å². The predicted octanol–water partition coefficient (Wildman–Crippen LogP) is 1.77. The van der Waals surface area contributed by atoms with Crippen molar-refractivity contribution in [2.24, 2.45) is 0 Å². The van der Waals surface area contributed by atoms with E-state index in [4.69, 9.17) is 37.5 Å². The van der Waals surface area contributed by atoms with E-state index < -0.39 is 56.8 Å². The van der Waals surface area contributed by atoms with Crippen LogP contribution in [0.15, 0.2) is 12.1 Å². The Hall–Kier alpha value is -1.09. The van der Waals surface area contributed by atoms with Crippen LogP contribution >= 0.6 is 23.2 Å². The molecule has 1 fully saturated rings. The highest BCUT2D eigenvalue weighted by molar-refractivity contribution is 6.42. The lowest BCUT2D eigenvalue weighted by molar-refractivity contribution is -0.0499. The minimum Gasteiger partial charge on any atom is -0.394 e. The Morgan fingerprint density at radius 1 is 1.38 bits per heavy atom. The van der Waals surface area contributed by atoms with Gasteiger partial charge in [-0.2, -0.15) is 0 Å². The van der Waals surface area contributed by atoms with Gasteiger partial charge in [-0.05, 0) is 25.8 Å². The highest BCUT2D eigenvalue weighted by Gasteiger charge is 2.44. The Labute approximate surface area is 158 Å². The predicted molar refractivity (Wildman–Crippen MR) is 91.5 cm³/mol. The van der Waals surface area contributed by atoms with Crippen LogP contribution in [0.1, 0.15) is 29.5 Å². The van der Waals surface area contributed by atoms with Gasteiger partial charge in [0.2, 0.25) is 5.95 Å². The van der Waals surface area contributed by atoms with Crippen LogP contribution in [0.25, 0.3) is 11.0 Å². The summed E-state index contributed by atoms with van der Waals surface area (Å²) in [5.74, 6) is -0.453. The van der Waals surface area contributed by atoms with Gasteiger partial charge in [0.15, 0.2) is 6.23 Å². The van der Waals surface area contributed by atoms with Crippen LogP contribution in [0, 0.1) is 0 Å². The fourth-order valence-electron chi connectivity index (χ4n) is 2.64. The van der Waals surface area contributed by atoms with Gasteiger partial charge in [0.1, 0.15) is 18.3 Å². The first kappa shape index (κ1) is 10.8. The van der Waals surface area contributed by atoms with E-state index in [0.29, 0.717) is 0 Å². The maximum Gasteiger partial charge on any atom is 0.206 e. The molecule has 1 aliphatic heterocycles. The third kappa shape index (κ3) is 2.96. The van der Waals surface area contributed by atoms with Crippen LogP contribution in [-0.2, 0) is 4.74 Å². The van der Waals surface area contributed by atoms with Gasteiger partial charge in [0.05, 0.1) is 29.1 Å². The molecule has 1 saturated heterocycles. The van der Waals surface area contributed by atoms with Crippen LogP contribution in [0.2, 0.25) is 10.0 Å². The van der Waals surface area contributed by atoms with Crippen molar-refractivity contribution in [2.75, 3.05) is 11.9 Å². The van der Waals surface area contributed by atoms with E-state index in [2.05, 4.69) is 10.3 Å². The molecular weight excluding hydrogens is 357 g/mol. The second-order valence-electron chi connectivity index (χ2n) is 5.29. The number of nitrogens with zero attached hydrogens (tertiary/aromatic N) is 2. The maximum absolute atomic E-state index is 10.5. The number of ether oxygens (including phenoxy) is 1. The van der Waals surface area contributed by atoms with Gasteiger partial charge >= 0.3 is 0 Å². The normalized spacial score (nSPS) is 33.1. The fraction of sp³-hybridized carbons (Fsp3) is 0.533. The summed E-state index contributed by atoms with van der Waals surface area (Å²) in [6, 6.07) is -0.549. The van der Waals surface area contributed by atoms with Gasteiger partial charge in [-0.1, -0.05) is 23.2 Å². The molecule has 7 nitrogen and oxygen atoms in total. The third-order valence-corrected chi connectivity index (χ3v) is 4.46. The monoisotopic (exact) mass is 382 g/mol. The zero-order valence-electron chi connectivity index (χ0n) is 19.1. The number of aliphatic hydroxyl groups is 3. The van der Waals surface area contributed by atoms with Crippen LogP contribution in [-0.4, -0.2) is 55.8 Å². The summed E-state index contributed by atoms with van der Waals surface area (Å²) < 4.78 is 60.4. The molecule has 1 aromatic carbocycles. The first-order chi connectivity index (χ1) is 14.1. The summed E-state index contributed by atoms with van der Waals surface area (Å²) in [7, 11) is 0. The van der Waals surface area contributed by atoms with Crippen molar-refractivity contribution in [3.8, 4) is 0 Å². The van der Waals surface area contributed by atoms with Gasteiger partial charge in [0.25, 0.3) is 0 Å². The number of rotatable bonds is 4. The number of aliphatic hydroxyl groups excluding tert-OH is 3. The number of halogens is 2. The van der Waals surface area contributed by atoms with Gasteiger partial charge in [-0.15, -0.1) is 0 Å². The van der Waals surface area contributed by atoms with Gasteiger partial charge in [-0.25, -0.2) is 4.98 Å². The van der Waals surface area contributed by atoms with Gasteiger partial charge < -0.3 is 25.4 Å². The van der Waals surface area contributed by atoms with E-state index in [-0.39, 0.29) is 21.1 Å². The van der Waals surface area contributed by atoms with Crippen molar-refractivity contribution < 1.29 is 29.7 Å². The van der Waals surface area contributed by atoms with Crippen molar-refractivity contribution in [1.82, 2.24) is 9.55 Å². The largest absolute Gasteiger partial charge is 0.394 e. The average molecular weight is 383 g/mol. The number of nitrogens with one attached hydrogen (secondary N) is 1. The lowest BCUT2D eigenvalue weighted by Gasteiger charge is -2.21. The number of anilines is 1. The van der Waals surface area contributed by atoms with E-state index in [9.17, 15) is 15.3 Å². The number of fused-ring (bicyclic) bond motifs is 1. The van der Waals surface area contributed by atoms with Gasteiger partial charge in [-0.3, -0.25) is 4.57 Å². The molecule has 4 atom stereocenters. The van der Waals surface area contributed by atoms with E-state index in [1.165, 1.54) is 12.1 Å². The highest BCUT2D eigenvalue weighted by atomic mass is 35.5. The molecule has 2 aromatic rings. The lowest BCUT2D eigenvalue weighted by atomic mass is 10.1. The van der Waals surface area contributed by atoms with E-state index in [1.54, 1.807) is 0 Å². The number of benzene rings is 1. The maximum atomic E-state index is 10.5. The van der Waals surface area contributed by atoms with E-state index in [1.807, 2.05) is 0 Å². The molecule has 0 aliphatic carbocycles. The molecule has 1 aromatic heterocycles. The summed E-state index contributed by atoms with van der Waals surface area (Å²) >= 11 is 12.1. The first-order valence-corrected chi connectivity index (χ1v) is 7.65. The molecule has 24 heavy (non-hydrogen) atoms. The molecule has 0 saturated carbocycles. The molecule has 0 bridgehead atoms. The molecule has 0 radical (unpaired) electrons. The van der Waals surface area contributed by atoms with Gasteiger partial charge in [0, 0.05) is 14.2 Å². The summed E-state index contributed by atoms with van der Waals surface area (Å²) in [5, 5.41) is 32.3. The molecule has 132 valence electrons. The lowest BCUT2D eigenvalue weighted by Crippen LogP contribution is -2.33. The quantitative estimate of drug-likeness (QED) is 0.642. The average Bonchev–Trinajstić information content (AvgIpc) is 3.10. The minimum absolute atomic E-state index is 0.0670. The Morgan fingerprint density at radius 3 is 2.71 bits per heavy atom. The molecule has 0 spiro atoms. The van der Waals surface area contributed by atoms with E-state index >= 15 is 0 Å². The van der Waals surface area contributed by atoms with Crippen LogP contribution in [0.5, 0.6) is 0 Å². The molecule has 1 aliphatic rings. The summed E-state index contributed by atoms with van der Waals surface area (Å²) in [5.41, 5.74) is 0.262. The summed E-state index contributed by atoms with van der Waals surface area (Å²) in [6.07, 6.45) is -5.72. The second kappa shape index (κ2) is 6.67. The number of hydrogen-bond acceptors (Lipinski definition) is 6. The highest BCUT2D eigenvalue weighted by Crippen LogP contribution is 2.37. The standard InChI is InChI=1S/C15H19Cl2N3O4/c1-6(2)18-15-19-9-3-7(16)8(17)4-10(9)20(15)14-13(23)12(22)11(5-21)24-14/h3-4,6,11-14,21-23H,5H2,1-2H3,(H,18,19)/t11-,12-,13-,14-/m0/s1/i1D3,2D3,6D. The Balaban J connectivity index is 2.23. The zero-order valence-corrected chi connectivity index (χ0v) is 13.6. The Morgan fingerprint density at radius 2 is 2.08 bits per heavy atom. The molecule has 0 amide bonds. The molecule has 9 heteroatoms. The summed E-state index contributed by atoms with van der Waals surface area (Å²) in [6.45, 7) is -7.28. The fourth-order valence-corrected chi connectivity index (χ4v) is 2.96. The SMILES string of the molecule is [2H]C([2H])([2H])C([2H])(Nc1nc2cc(Cl)c(Cl)cc2n1[C@H]1O[C@@H](CO)[C@H](O)[C@@H]1O)C([2H])([2H])[2H]. The topological polar surface area (TPSA) is 99.8 Å². The van der Waals surface area contributed by atoms with Crippen molar-refractivity contribution in [3.05, 3.63) is 22.2 Å². The molecular formula is C15H19Cl2N3O4. The third-order valence-electron chi connectivity index (χ3n) is 3.74. The molecule has 3 rings (SSSR count). The number of hydrogen-bond donors (Lipinski definition) is 4. The number of imidazole rings is 1. The molecule has 0 unspecified atom stereocenters. The zero-order chi connectivity index (χ0) is 23.5. The van der Waals surface area contributed by atoms with Crippen LogP contribution in [0.3, 0.4) is 0 Å². The van der Waals surface area contributed by atoms with Crippen molar-refractivity contribution in [1.29, 1.82) is 0 Å². The van der Waals surface area contributed by atoms with Crippen molar-refractivity contribution in [3.63, 3.8) is 0 Å². The van der Waals surface area contributed by atoms with Crippen LogP contribution in [0.4, 0.5) is 5.95 Å². The smallest absolute Gasteiger partial charge is 0.206 e. The number of aromatic nitrogens is 2. The van der Waals surface area contributed by atoms with Crippen molar-refractivity contribution in [2.45, 2.75) is 44.3 Å². The first-order valence-electron chi connectivity index (χ1n) is 10.4. The Kier molecular flexibility index (Phi) is 3.00. The van der Waals surface area contributed by atoms with Crippen LogP contribution < -0.4 is 5.32 Å². The Bertz CT molecular complexity index is 970.